The lowest BCUT2D eigenvalue weighted by atomic mass is 10.1. The Morgan fingerprint density at radius 1 is 1.14 bits per heavy atom. The molecular formula is C20H24Cl2N2O4. The first-order valence-corrected chi connectivity index (χ1v) is 9.99. The fraction of sp³-hybridized carbons (Fsp3) is 0.450. The second-order valence-electron chi connectivity index (χ2n) is 6.33. The first-order chi connectivity index (χ1) is 13.5. The molecule has 6 nitrogen and oxygen atoms in total. The minimum Gasteiger partial charge on any atom is -0.469 e. The van der Waals surface area contributed by atoms with Crippen molar-refractivity contribution in [1.29, 1.82) is 0 Å². The van der Waals surface area contributed by atoms with Gasteiger partial charge in [0.15, 0.2) is 11.7 Å². The molecule has 0 saturated carbocycles. The zero-order chi connectivity index (χ0) is 20.4. The predicted molar refractivity (Wildman–Crippen MR) is 108 cm³/mol. The molecule has 0 saturated heterocycles. The van der Waals surface area contributed by atoms with Crippen LogP contribution in [0.15, 0.2) is 28.8 Å². The van der Waals surface area contributed by atoms with Crippen molar-refractivity contribution in [3.8, 4) is 11.3 Å². The lowest BCUT2D eigenvalue weighted by Gasteiger charge is -2.04. The van der Waals surface area contributed by atoms with Crippen molar-refractivity contribution in [2.45, 2.75) is 44.9 Å². The van der Waals surface area contributed by atoms with Crippen molar-refractivity contribution in [1.82, 2.24) is 10.3 Å². The summed E-state index contributed by atoms with van der Waals surface area (Å²) in [7, 11) is 1.39. The number of ether oxygens (including phenoxy) is 1. The number of carbonyl (C=O) groups is 2. The number of aromatic nitrogens is 1. The molecule has 8 heteroatoms. The summed E-state index contributed by atoms with van der Waals surface area (Å²) in [5.41, 5.74) is 0.710. The van der Waals surface area contributed by atoms with Crippen LogP contribution in [-0.2, 0) is 20.7 Å². The Bertz CT molecular complexity index is 792. The standard InChI is InChI=1S/C20H24Cl2N2O4/c1-27-20(26)6-4-2-3-5-11-23-18(25)9-10-19-24-13-17(28-19)15-8-7-14(21)12-16(15)22/h7-8,12-13H,2-6,9-11H2,1H3,(H,23,25). The summed E-state index contributed by atoms with van der Waals surface area (Å²) in [4.78, 5) is 27.1. The largest absolute Gasteiger partial charge is 0.469 e. The van der Waals surface area contributed by atoms with E-state index in [1.165, 1.54) is 7.11 Å². The third kappa shape index (κ3) is 7.52. The Balaban J connectivity index is 1.64. The first-order valence-electron chi connectivity index (χ1n) is 9.23. The zero-order valence-corrected chi connectivity index (χ0v) is 17.3. The maximum atomic E-state index is 11.9. The third-order valence-electron chi connectivity index (χ3n) is 4.17. The molecule has 1 amide bonds. The normalized spacial score (nSPS) is 10.7. The van der Waals surface area contributed by atoms with E-state index in [0.717, 1.165) is 25.7 Å². The van der Waals surface area contributed by atoms with Crippen molar-refractivity contribution in [2.75, 3.05) is 13.7 Å². The molecule has 0 atom stereocenters. The Hall–Kier alpha value is -2.05. The number of rotatable bonds is 11. The topological polar surface area (TPSA) is 81.4 Å². The van der Waals surface area contributed by atoms with E-state index in [-0.39, 0.29) is 11.9 Å². The van der Waals surface area contributed by atoms with E-state index >= 15 is 0 Å². The van der Waals surface area contributed by atoms with Gasteiger partial charge in [-0.25, -0.2) is 4.98 Å². The van der Waals surface area contributed by atoms with Gasteiger partial charge in [-0.05, 0) is 31.0 Å². The third-order valence-corrected chi connectivity index (χ3v) is 4.72. The number of nitrogens with zero attached hydrogens (tertiary/aromatic N) is 1. The second kappa shape index (κ2) is 11.7. The van der Waals surface area contributed by atoms with Crippen molar-refractivity contribution >= 4 is 35.1 Å². The molecule has 0 unspecified atom stereocenters. The summed E-state index contributed by atoms with van der Waals surface area (Å²) in [5, 5.41) is 3.92. The van der Waals surface area contributed by atoms with Gasteiger partial charge in [-0.3, -0.25) is 9.59 Å². The van der Waals surface area contributed by atoms with Crippen molar-refractivity contribution in [3.05, 3.63) is 40.3 Å². The van der Waals surface area contributed by atoms with Crippen LogP contribution >= 0.6 is 23.2 Å². The second-order valence-corrected chi connectivity index (χ2v) is 7.18. The number of aryl methyl sites for hydroxylation is 1. The minimum absolute atomic E-state index is 0.0427. The van der Waals surface area contributed by atoms with Gasteiger partial charge >= 0.3 is 5.97 Å². The quantitative estimate of drug-likeness (QED) is 0.411. The molecule has 1 aromatic heterocycles. The van der Waals surface area contributed by atoms with Gasteiger partial charge in [-0.2, -0.15) is 0 Å². The van der Waals surface area contributed by atoms with Gasteiger partial charge < -0.3 is 14.5 Å². The molecule has 0 aliphatic rings. The molecule has 2 rings (SSSR count). The van der Waals surface area contributed by atoms with Gasteiger partial charge in [0.2, 0.25) is 5.91 Å². The van der Waals surface area contributed by atoms with E-state index in [0.29, 0.717) is 53.1 Å². The number of carbonyl (C=O) groups excluding carboxylic acids is 2. The highest BCUT2D eigenvalue weighted by atomic mass is 35.5. The van der Waals surface area contributed by atoms with Crippen LogP contribution in [0.25, 0.3) is 11.3 Å². The van der Waals surface area contributed by atoms with E-state index in [2.05, 4.69) is 15.0 Å². The molecule has 0 bridgehead atoms. The van der Waals surface area contributed by atoms with E-state index in [4.69, 9.17) is 27.6 Å². The SMILES string of the molecule is COC(=O)CCCCCCNC(=O)CCc1ncc(-c2ccc(Cl)cc2Cl)o1. The summed E-state index contributed by atoms with van der Waals surface area (Å²) in [6, 6.07) is 5.14. The van der Waals surface area contributed by atoms with Gasteiger partial charge in [-0.1, -0.05) is 36.0 Å². The molecule has 0 radical (unpaired) electrons. The number of unbranched alkanes of at least 4 members (excludes halogenated alkanes) is 3. The number of hydrogen-bond donors (Lipinski definition) is 1. The zero-order valence-electron chi connectivity index (χ0n) is 15.8. The molecule has 1 heterocycles. The van der Waals surface area contributed by atoms with E-state index < -0.39 is 0 Å². The number of nitrogens with one attached hydrogen (secondary N) is 1. The Kier molecular flexibility index (Phi) is 9.31. The Morgan fingerprint density at radius 2 is 1.93 bits per heavy atom. The molecule has 1 N–H and O–H groups in total. The summed E-state index contributed by atoms with van der Waals surface area (Å²) < 4.78 is 10.3. The Morgan fingerprint density at radius 3 is 2.68 bits per heavy atom. The van der Waals surface area contributed by atoms with E-state index in [1.807, 2.05) is 0 Å². The summed E-state index contributed by atoms with van der Waals surface area (Å²) in [6.45, 7) is 0.619. The number of amides is 1. The van der Waals surface area contributed by atoms with Gasteiger partial charge in [-0.15, -0.1) is 0 Å². The monoisotopic (exact) mass is 426 g/mol. The van der Waals surface area contributed by atoms with E-state index in [9.17, 15) is 9.59 Å². The van der Waals surface area contributed by atoms with Crippen molar-refractivity contribution in [2.24, 2.45) is 0 Å². The summed E-state index contributed by atoms with van der Waals surface area (Å²) in [5.74, 6) is 0.808. The maximum Gasteiger partial charge on any atom is 0.305 e. The number of halogens is 2. The van der Waals surface area contributed by atoms with E-state index in [1.54, 1.807) is 24.4 Å². The van der Waals surface area contributed by atoms with Gasteiger partial charge in [0, 0.05) is 36.4 Å². The number of esters is 1. The van der Waals surface area contributed by atoms with Crippen LogP contribution < -0.4 is 5.32 Å². The first kappa shape index (κ1) is 22.2. The number of hydrogen-bond acceptors (Lipinski definition) is 5. The molecule has 1 aromatic carbocycles. The van der Waals surface area contributed by atoms with Crippen LogP contribution in [0.2, 0.25) is 10.0 Å². The van der Waals surface area contributed by atoms with Crippen molar-refractivity contribution < 1.29 is 18.7 Å². The smallest absolute Gasteiger partial charge is 0.305 e. The van der Waals surface area contributed by atoms with Crippen LogP contribution in [0, 0.1) is 0 Å². The molecule has 0 aliphatic heterocycles. The molecule has 0 fully saturated rings. The molecule has 152 valence electrons. The Labute approximate surface area is 174 Å². The highest BCUT2D eigenvalue weighted by Crippen LogP contribution is 2.30. The van der Waals surface area contributed by atoms with Gasteiger partial charge in [0.05, 0.1) is 18.3 Å². The number of benzene rings is 1. The minimum atomic E-state index is -0.179. The maximum absolute atomic E-state index is 11.9. The van der Waals surface area contributed by atoms with Crippen LogP contribution in [-0.4, -0.2) is 30.5 Å². The average Bonchev–Trinajstić information content (AvgIpc) is 3.14. The lowest BCUT2D eigenvalue weighted by Crippen LogP contribution is -2.24. The van der Waals surface area contributed by atoms with Crippen molar-refractivity contribution in [3.63, 3.8) is 0 Å². The lowest BCUT2D eigenvalue weighted by molar-refractivity contribution is -0.140. The van der Waals surface area contributed by atoms with Crippen LogP contribution in [0.1, 0.15) is 44.4 Å². The molecule has 0 aliphatic carbocycles. The summed E-state index contributed by atoms with van der Waals surface area (Å²) >= 11 is 12.1. The predicted octanol–water partition coefficient (Wildman–Crippen LogP) is 4.82. The van der Waals surface area contributed by atoms with Crippen LogP contribution in [0.3, 0.4) is 0 Å². The highest BCUT2D eigenvalue weighted by Gasteiger charge is 2.11. The van der Waals surface area contributed by atoms with Crippen LogP contribution in [0.5, 0.6) is 0 Å². The van der Waals surface area contributed by atoms with Gasteiger partial charge in [0.25, 0.3) is 0 Å². The highest BCUT2D eigenvalue weighted by molar-refractivity contribution is 6.36. The van der Waals surface area contributed by atoms with Crippen LogP contribution in [0.4, 0.5) is 0 Å². The van der Waals surface area contributed by atoms with Gasteiger partial charge in [0.1, 0.15) is 0 Å². The molecule has 2 aromatic rings. The molecular weight excluding hydrogens is 403 g/mol. The molecule has 0 spiro atoms. The fourth-order valence-corrected chi connectivity index (χ4v) is 3.13. The fourth-order valence-electron chi connectivity index (χ4n) is 2.63. The molecule has 28 heavy (non-hydrogen) atoms. The number of oxazole rings is 1. The average molecular weight is 427 g/mol. The number of methoxy groups -OCH3 is 1. The summed E-state index contributed by atoms with van der Waals surface area (Å²) in [6.07, 6.45) is 6.35.